The molecule has 0 bridgehead atoms. The van der Waals surface area contributed by atoms with Crippen LogP contribution in [0, 0.1) is 17.1 Å². The van der Waals surface area contributed by atoms with E-state index < -0.39 is 6.10 Å². The molecule has 0 saturated heterocycles. The first-order valence-electron chi connectivity index (χ1n) is 7.21. The first kappa shape index (κ1) is 16.2. The van der Waals surface area contributed by atoms with E-state index in [1.54, 1.807) is 24.3 Å². The van der Waals surface area contributed by atoms with Crippen molar-refractivity contribution in [1.29, 1.82) is 5.26 Å². The van der Waals surface area contributed by atoms with E-state index in [-0.39, 0.29) is 17.9 Å². The van der Waals surface area contributed by atoms with Crippen LogP contribution in [-0.2, 0) is 0 Å². The Balaban J connectivity index is 2.02. The van der Waals surface area contributed by atoms with Crippen molar-refractivity contribution < 1.29 is 9.50 Å². The molecule has 0 aliphatic rings. The molecule has 0 saturated carbocycles. The van der Waals surface area contributed by atoms with E-state index in [1.807, 2.05) is 26.0 Å². The number of benzene rings is 2. The minimum atomic E-state index is -0.721. The largest absolute Gasteiger partial charge is 0.387 e. The number of nitrogens with one attached hydrogen (secondary N) is 1. The van der Waals surface area contributed by atoms with Gasteiger partial charge in [0.25, 0.3) is 0 Å². The minimum absolute atomic E-state index is 0.0258. The van der Waals surface area contributed by atoms with Gasteiger partial charge in [0.05, 0.1) is 17.7 Å². The minimum Gasteiger partial charge on any atom is -0.387 e. The second kappa shape index (κ2) is 7.17. The predicted molar refractivity (Wildman–Crippen MR) is 83.5 cm³/mol. The van der Waals surface area contributed by atoms with E-state index in [4.69, 9.17) is 5.26 Å². The molecular formula is C18H19FN2O. The Hall–Kier alpha value is -2.22. The van der Waals surface area contributed by atoms with Crippen molar-refractivity contribution in [3.8, 4) is 6.07 Å². The van der Waals surface area contributed by atoms with Gasteiger partial charge in [-0.25, -0.2) is 4.39 Å². The Kier molecular flexibility index (Phi) is 5.26. The summed E-state index contributed by atoms with van der Waals surface area (Å²) < 4.78 is 12.9. The maximum Gasteiger partial charge on any atom is 0.123 e. The topological polar surface area (TPSA) is 56.0 Å². The van der Waals surface area contributed by atoms with Crippen molar-refractivity contribution in [2.75, 3.05) is 0 Å². The first-order chi connectivity index (χ1) is 10.5. The molecule has 0 spiro atoms. The fraction of sp³-hybridized carbons (Fsp3) is 0.278. The number of aliphatic hydroxyl groups excluding tert-OH is 1. The summed E-state index contributed by atoms with van der Waals surface area (Å²) in [5.41, 5.74) is 2.33. The predicted octanol–water partition coefficient (Wildman–Crippen LogP) is 3.47. The second-order valence-electron chi connectivity index (χ2n) is 5.41. The SMILES string of the molecule is CC(NC(C)C(O)c1ccc(F)cc1)c1ccc(C#N)cc1. The molecule has 0 aliphatic carbocycles. The molecule has 0 aromatic heterocycles. The Morgan fingerprint density at radius 2 is 1.55 bits per heavy atom. The number of hydrogen-bond donors (Lipinski definition) is 2. The lowest BCUT2D eigenvalue weighted by Crippen LogP contribution is -2.34. The molecule has 0 radical (unpaired) electrons. The molecule has 2 N–H and O–H groups in total. The molecule has 2 rings (SSSR count). The lowest BCUT2D eigenvalue weighted by Gasteiger charge is -2.25. The van der Waals surface area contributed by atoms with Gasteiger partial charge in [-0.05, 0) is 49.2 Å². The van der Waals surface area contributed by atoms with Crippen molar-refractivity contribution in [3.05, 3.63) is 71.0 Å². The Morgan fingerprint density at radius 1 is 1.00 bits per heavy atom. The number of halogens is 1. The summed E-state index contributed by atoms with van der Waals surface area (Å²) in [6.45, 7) is 3.88. The van der Waals surface area contributed by atoms with Crippen LogP contribution in [0.5, 0.6) is 0 Å². The monoisotopic (exact) mass is 298 g/mol. The number of hydrogen-bond acceptors (Lipinski definition) is 3. The summed E-state index contributed by atoms with van der Waals surface area (Å²) in [7, 11) is 0. The highest BCUT2D eigenvalue weighted by molar-refractivity contribution is 5.32. The summed E-state index contributed by atoms with van der Waals surface area (Å²) in [4.78, 5) is 0. The average molecular weight is 298 g/mol. The molecular weight excluding hydrogens is 279 g/mol. The number of aliphatic hydroxyl groups is 1. The van der Waals surface area contributed by atoms with Crippen LogP contribution in [0.1, 0.15) is 42.7 Å². The average Bonchev–Trinajstić information content (AvgIpc) is 2.54. The van der Waals surface area contributed by atoms with Crippen LogP contribution >= 0.6 is 0 Å². The van der Waals surface area contributed by atoms with Crippen LogP contribution in [0.15, 0.2) is 48.5 Å². The molecule has 114 valence electrons. The van der Waals surface area contributed by atoms with Crippen LogP contribution in [0.2, 0.25) is 0 Å². The molecule has 2 aromatic rings. The Bertz CT molecular complexity index is 646. The zero-order chi connectivity index (χ0) is 16.1. The van der Waals surface area contributed by atoms with Gasteiger partial charge >= 0.3 is 0 Å². The normalized spacial score (nSPS) is 14.9. The van der Waals surface area contributed by atoms with Gasteiger partial charge in [-0.3, -0.25) is 0 Å². The zero-order valence-corrected chi connectivity index (χ0v) is 12.6. The molecule has 3 atom stereocenters. The van der Waals surface area contributed by atoms with Crippen LogP contribution < -0.4 is 5.32 Å². The highest BCUT2D eigenvalue weighted by Crippen LogP contribution is 2.21. The van der Waals surface area contributed by atoms with E-state index in [0.717, 1.165) is 5.56 Å². The van der Waals surface area contributed by atoms with Gasteiger partial charge in [-0.1, -0.05) is 24.3 Å². The van der Waals surface area contributed by atoms with E-state index in [0.29, 0.717) is 11.1 Å². The third-order valence-electron chi connectivity index (χ3n) is 3.74. The van der Waals surface area contributed by atoms with Gasteiger partial charge in [0.15, 0.2) is 0 Å². The molecule has 0 aliphatic heterocycles. The summed E-state index contributed by atoms with van der Waals surface area (Å²) in [6.07, 6.45) is -0.721. The maximum absolute atomic E-state index is 12.9. The summed E-state index contributed by atoms with van der Waals surface area (Å²) in [5, 5.41) is 22.5. The van der Waals surface area contributed by atoms with E-state index in [9.17, 15) is 9.50 Å². The summed E-state index contributed by atoms with van der Waals surface area (Å²) in [6, 6.07) is 15.1. The molecule has 3 unspecified atom stereocenters. The van der Waals surface area contributed by atoms with Gasteiger partial charge in [-0.15, -0.1) is 0 Å². The quantitative estimate of drug-likeness (QED) is 0.888. The smallest absolute Gasteiger partial charge is 0.123 e. The summed E-state index contributed by atoms with van der Waals surface area (Å²) in [5.74, 6) is -0.317. The van der Waals surface area contributed by atoms with Crippen molar-refractivity contribution in [2.24, 2.45) is 0 Å². The van der Waals surface area contributed by atoms with Crippen molar-refractivity contribution in [1.82, 2.24) is 5.32 Å². The lowest BCUT2D eigenvalue weighted by molar-refractivity contribution is 0.130. The molecule has 3 nitrogen and oxygen atoms in total. The second-order valence-corrected chi connectivity index (χ2v) is 5.41. The maximum atomic E-state index is 12.9. The van der Waals surface area contributed by atoms with Gasteiger partial charge in [0.1, 0.15) is 5.82 Å². The van der Waals surface area contributed by atoms with Crippen molar-refractivity contribution in [3.63, 3.8) is 0 Å². The molecule has 0 heterocycles. The Morgan fingerprint density at radius 3 is 2.09 bits per heavy atom. The van der Waals surface area contributed by atoms with Crippen LogP contribution in [-0.4, -0.2) is 11.1 Å². The van der Waals surface area contributed by atoms with Gasteiger partial charge < -0.3 is 10.4 Å². The van der Waals surface area contributed by atoms with E-state index >= 15 is 0 Å². The Labute approximate surface area is 130 Å². The van der Waals surface area contributed by atoms with Crippen LogP contribution in [0.4, 0.5) is 4.39 Å². The van der Waals surface area contributed by atoms with Gasteiger partial charge in [0.2, 0.25) is 0 Å². The molecule has 22 heavy (non-hydrogen) atoms. The van der Waals surface area contributed by atoms with Crippen molar-refractivity contribution >= 4 is 0 Å². The molecule has 0 amide bonds. The van der Waals surface area contributed by atoms with Crippen LogP contribution in [0.25, 0.3) is 0 Å². The zero-order valence-electron chi connectivity index (χ0n) is 12.6. The van der Waals surface area contributed by atoms with Gasteiger partial charge in [-0.2, -0.15) is 5.26 Å². The fourth-order valence-electron chi connectivity index (χ4n) is 2.38. The number of nitrogens with zero attached hydrogens (tertiary/aromatic N) is 1. The van der Waals surface area contributed by atoms with E-state index in [2.05, 4.69) is 11.4 Å². The van der Waals surface area contributed by atoms with Crippen LogP contribution in [0.3, 0.4) is 0 Å². The number of rotatable bonds is 5. The first-order valence-corrected chi connectivity index (χ1v) is 7.21. The highest BCUT2D eigenvalue weighted by Gasteiger charge is 2.18. The summed E-state index contributed by atoms with van der Waals surface area (Å²) >= 11 is 0. The third kappa shape index (κ3) is 3.91. The fourth-order valence-corrected chi connectivity index (χ4v) is 2.38. The van der Waals surface area contributed by atoms with Gasteiger partial charge in [0, 0.05) is 12.1 Å². The standard InChI is InChI=1S/C18H19FN2O/c1-12(15-5-3-14(11-20)4-6-15)21-13(2)18(22)16-7-9-17(19)10-8-16/h3-10,12-13,18,21-22H,1-2H3. The molecule has 2 aromatic carbocycles. The highest BCUT2D eigenvalue weighted by atomic mass is 19.1. The molecule has 4 heteroatoms. The van der Waals surface area contributed by atoms with E-state index in [1.165, 1.54) is 12.1 Å². The third-order valence-corrected chi connectivity index (χ3v) is 3.74. The van der Waals surface area contributed by atoms with Crippen molar-refractivity contribution in [2.45, 2.75) is 32.0 Å². The molecule has 0 fully saturated rings. The number of nitriles is 1. The lowest BCUT2D eigenvalue weighted by atomic mass is 10.0.